The molecule has 1 amide bonds. The topological polar surface area (TPSA) is 55.1 Å². The van der Waals surface area contributed by atoms with Crippen molar-refractivity contribution >= 4 is 5.91 Å². The van der Waals surface area contributed by atoms with Crippen molar-refractivity contribution in [2.45, 2.75) is 50.1 Å². The van der Waals surface area contributed by atoms with Gasteiger partial charge in [0.05, 0.1) is 0 Å². The van der Waals surface area contributed by atoms with E-state index >= 15 is 0 Å². The van der Waals surface area contributed by atoms with Crippen molar-refractivity contribution in [2.75, 3.05) is 0 Å². The van der Waals surface area contributed by atoms with Crippen LogP contribution in [0.2, 0.25) is 0 Å². The summed E-state index contributed by atoms with van der Waals surface area (Å²) in [5, 5.41) is 3.10. The van der Waals surface area contributed by atoms with Gasteiger partial charge in [0.25, 0.3) is 0 Å². The number of hydrogen-bond donors (Lipinski definition) is 2. The molecule has 2 fully saturated rings. The van der Waals surface area contributed by atoms with Crippen molar-refractivity contribution in [1.29, 1.82) is 0 Å². The highest BCUT2D eigenvalue weighted by molar-refractivity contribution is 5.79. The molecular formula is C9H16N2O. The van der Waals surface area contributed by atoms with Crippen LogP contribution in [0.4, 0.5) is 0 Å². The van der Waals surface area contributed by atoms with Gasteiger partial charge in [-0.05, 0) is 32.1 Å². The summed E-state index contributed by atoms with van der Waals surface area (Å²) in [6, 6.07) is 0.369. The number of nitrogens with two attached hydrogens (primary N) is 1. The minimum absolute atomic E-state index is 0.146. The van der Waals surface area contributed by atoms with Crippen LogP contribution >= 0.6 is 0 Å². The molecule has 0 aromatic heterocycles. The Hall–Kier alpha value is -0.570. The number of amides is 1. The first-order valence-corrected chi connectivity index (χ1v) is 4.77. The van der Waals surface area contributed by atoms with Gasteiger partial charge >= 0.3 is 0 Å². The third kappa shape index (κ3) is 1.33. The zero-order valence-corrected chi connectivity index (χ0v) is 7.31. The predicted molar refractivity (Wildman–Crippen MR) is 46.6 cm³/mol. The van der Waals surface area contributed by atoms with E-state index in [-0.39, 0.29) is 11.4 Å². The molecule has 3 N–H and O–H groups in total. The minimum atomic E-state index is 0.146. The molecule has 1 spiro atoms. The normalized spacial score (nSPS) is 41.8. The van der Waals surface area contributed by atoms with E-state index in [9.17, 15) is 4.79 Å². The molecule has 1 heterocycles. The molecule has 3 nitrogen and oxygen atoms in total. The summed E-state index contributed by atoms with van der Waals surface area (Å²) < 4.78 is 0. The van der Waals surface area contributed by atoms with Crippen LogP contribution in [-0.4, -0.2) is 17.5 Å². The van der Waals surface area contributed by atoms with Crippen molar-refractivity contribution in [3.63, 3.8) is 0 Å². The Balaban J connectivity index is 1.99. The van der Waals surface area contributed by atoms with Gasteiger partial charge in [-0.15, -0.1) is 0 Å². The van der Waals surface area contributed by atoms with Crippen molar-refractivity contribution in [2.24, 2.45) is 5.73 Å². The summed E-state index contributed by atoms with van der Waals surface area (Å²) in [4.78, 5) is 11.1. The van der Waals surface area contributed by atoms with E-state index in [0.29, 0.717) is 6.04 Å². The Morgan fingerprint density at radius 3 is 2.50 bits per heavy atom. The van der Waals surface area contributed by atoms with Gasteiger partial charge in [0, 0.05) is 18.0 Å². The minimum Gasteiger partial charge on any atom is -0.351 e. The lowest BCUT2D eigenvalue weighted by Crippen LogP contribution is -2.46. The average Bonchev–Trinajstić information content (AvgIpc) is 2.40. The van der Waals surface area contributed by atoms with Gasteiger partial charge in [-0.1, -0.05) is 0 Å². The molecule has 12 heavy (non-hydrogen) atoms. The number of rotatable bonds is 0. The van der Waals surface area contributed by atoms with Gasteiger partial charge in [-0.2, -0.15) is 0 Å². The monoisotopic (exact) mass is 168 g/mol. The fourth-order valence-corrected chi connectivity index (χ4v) is 2.34. The van der Waals surface area contributed by atoms with E-state index in [1.54, 1.807) is 0 Å². The molecule has 1 saturated carbocycles. The van der Waals surface area contributed by atoms with E-state index in [0.717, 1.165) is 38.5 Å². The van der Waals surface area contributed by atoms with Crippen molar-refractivity contribution in [3.05, 3.63) is 0 Å². The SMILES string of the molecule is NC1CCC2(CCC(=O)N2)CC1. The summed E-state index contributed by atoms with van der Waals surface area (Å²) in [5.74, 6) is 0.227. The quantitative estimate of drug-likeness (QED) is 0.554. The first kappa shape index (κ1) is 8.05. The summed E-state index contributed by atoms with van der Waals surface area (Å²) in [6.45, 7) is 0. The molecular weight excluding hydrogens is 152 g/mol. The lowest BCUT2D eigenvalue weighted by Gasteiger charge is -2.35. The molecule has 0 aromatic carbocycles. The van der Waals surface area contributed by atoms with E-state index in [2.05, 4.69) is 5.32 Å². The molecule has 1 saturated heterocycles. The molecule has 0 radical (unpaired) electrons. The molecule has 0 atom stereocenters. The van der Waals surface area contributed by atoms with Crippen LogP contribution in [0.3, 0.4) is 0 Å². The Morgan fingerprint density at radius 2 is 2.00 bits per heavy atom. The van der Waals surface area contributed by atoms with Gasteiger partial charge in [0.1, 0.15) is 0 Å². The Kier molecular flexibility index (Phi) is 1.83. The molecule has 0 unspecified atom stereocenters. The van der Waals surface area contributed by atoms with Gasteiger partial charge in [0.2, 0.25) is 5.91 Å². The summed E-state index contributed by atoms with van der Waals surface area (Å²) in [7, 11) is 0. The second-order valence-electron chi connectivity index (χ2n) is 4.17. The van der Waals surface area contributed by atoms with E-state index < -0.39 is 0 Å². The molecule has 0 bridgehead atoms. The maximum Gasteiger partial charge on any atom is 0.220 e. The van der Waals surface area contributed by atoms with E-state index in [4.69, 9.17) is 5.73 Å². The molecule has 68 valence electrons. The maximum atomic E-state index is 11.1. The van der Waals surface area contributed by atoms with Crippen LogP contribution in [0.1, 0.15) is 38.5 Å². The van der Waals surface area contributed by atoms with Crippen LogP contribution < -0.4 is 11.1 Å². The van der Waals surface area contributed by atoms with Gasteiger partial charge in [-0.3, -0.25) is 4.79 Å². The van der Waals surface area contributed by atoms with Crippen LogP contribution in [0, 0.1) is 0 Å². The Bertz CT molecular complexity index is 195. The van der Waals surface area contributed by atoms with E-state index in [1.807, 2.05) is 0 Å². The van der Waals surface area contributed by atoms with Gasteiger partial charge in [0.15, 0.2) is 0 Å². The highest BCUT2D eigenvalue weighted by atomic mass is 16.2. The second kappa shape index (κ2) is 2.73. The summed E-state index contributed by atoms with van der Waals surface area (Å²) in [6.07, 6.45) is 6.05. The van der Waals surface area contributed by atoms with E-state index in [1.165, 1.54) is 0 Å². The summed E-state index contributed by atoms with van der Waals surface area (Å²) in [5.41, 5.74) is 5.95. The maximum absolute atomic E-state index is 11.1. The van der Waals surface area contributed by atoms with Crippen molar-refractivity contribution in [1.82, 2.24) is 5.32 Å². The fraction of sp³-hybridized carbons (Fsp3) is 0.889. The Morgan fingerprint density at radius 1 is 1.33 bits per heavy atom. The highest BCUT2D eigenvalue weighted by Gasteiger charge is 2.39. The zero-order chi connectivity index (χ0) is 8.60. The predicted octanol–water partition coefficient (Wildman–Crippen LogP) is 0.536. The second-order valence-corrected chi connectivity index (χ2v) is 4.17. The largest absolute Gasteiger partial charge is 0.351 e. The third-order valence-electron chi connectivity index (χ3n) is 3.22. The Labute approximate surface area is 72.7 Å². The summed E-state index contributed by atoms with van der Waals surface area (Å²) >= 11 is 0. The van der Waals surface area contributed by atoms with Gasteiger partial charge < -0.3 is 11.1 Å². The molecule has 2 aliphatic rings. The first-order valence-electron chi connectivity index (χ1n) is 4.77. The lowest BCUT2D eigenvalue weighted by molar-refractivity contribution is -0.120. The van der Waals surface area contributed by atoms with Crippen LogP contribution in [0.5, 0.6) is 0 Å². The first-order chi connectivity index (χ1) is 5.70. The molecule has 3 heteroatoms. The third-order valence-corrected chi connectivity index (χ3v) is 3.22. The number of carbonyl (C=O) groups excluding carboxylic acids is 1. The van der Waals surface area contributed by atoms with Crippen molar-refractivity contribution in [3.8, 4) is 0 Å². The molecule has 0 aromatic rings. The fourth-order valence-electron chi connectivity index (χ4n) is 2.34. The molecule has 2 rings (SSSR count). The van der Waals surface area contributed by atoms with Gasteiger partial charge in [-0.25, -0.2) is 0 Å². The standard InChI is InChI=1S/C9H16N2O/c10-7-1-4-9(5-2-7)6-3-8(12)11-9/h7H,1-6,10H2,(H,11,12). The van der Waals surface area contributed by atoms with Crippen LogP contribution in [0.15, 0.2) is 0 Å². The molecule has 1 aliphatic heterocycles. The average molecular weight is 168 g/mol. The smallest absolute Gasteiger partial charge is 0.220 e. The number of hydrogen-bond acceptors (Lipinski definition) is 2. The zero-order valence-electron chi connectivity index (χ0n) is 7.31. The highest BCUT2D eigenvalue weighted by Crippen LogP contribution is 2.34. The molecule has 1 aliphatic carbocycles. The van der Waals surface area contributed by atoms with Crippen molar-refractivity contribution < 1.29 is 4.79 Å². The lowest BCUT2D eigenvalue weighted by atomic mass is 9.79. The number of carbonyl (C=O) groups is 1. The van der Waals surface area contributed by atoms with Crippen LogP contribution in [0.25, 0.3) is 0 Å². The number of nitrogens with one attached hydrogen (secondary N) is 1. The van der Waals surface area contributed by atoms with Crippen LogP contribution in [-0.2, 0) is 4.79 Å².